The number of hydrogen-bond donors (Lipinski definition) is 2. The summed E-state index contributed by atoms with van der Waals surface area (Å²) < 4.78 is 0.761. The van der Waals surface area contributed by atoms with Gasteiger partial charge in [0.1, 0.15) is 0 Å². The second kappa shape index (κ2) is 8.33. The Balaban J connectivity index is 1.54. The molecule has 2 aromatic carbocycles. The number of nitrogens with one attached hydrogen (secondary N) is 2. The highest BCUT2D eigenvalue weighted by Crippen LogP contribution is 2.28. The van der Waals surface area contributed by atoms with Crippen LogP contribution in [0.15, 0.2) is 46.8 Å². The molecule has 0 spiro atoms. The van der Waals surface area contributed by atoms with Gasteiger partial charge in [0, 0.05) is 11.4 Å². The van der Waals surface area contributed by atoms with Crippen molar-refractivity contribution >= 4 is 45.5 Å². The van der Waals surface area contributed by atoms with E-state index in [9.17, 15) is 4.79 Å². The van der Waals surface area contributed by atoms with Crippen LogP contribution in [0, 0.1) is 20.8 Å². The van der Waals surface area contributed by atoms with E-state index in [0.717, 1.165) is 37.5 Å². The summed E-state index contributed by atoms with van der Waals surface area (Å²) in [6.07, 6.45) is 0. The highest BCUT2D eigenvalue weighted by Gasteiger charge is 2.10. The quantitative estimate of drug-likeness (QED) is 0.589. The number of amides is 1. The zero-order valence-corrected chi connectivity index (χ0v) is 16.5. The molecule has 7 heteroatoms. The molecule has 0 saturated carbocycles. The number of benzene rings is 2. The number of carbonyl (C=O) groups is 1. The van der Waals surface area contributed by atoms with Gasteiger partial charge < -0.3 is 10.6 Å². The maximum absolute atomic E-state index is 12.2. The van der Waals surface area contributed by atoms with Crippen molar-refractivity contribution in [2.45, 2.75) is 25.1 Å². The van der Waals surface area contributed by atoms with E-state index in [0.29, 0.717) is 5.75 Å². The van der Waals surface area contributed by atoms with Crippen molar-refractivity contribution in [1.29, 1.82) is 0 Å². The molecule has 3 rings (SSSR count). The first-order valence-corrected chi connectivity index (χ1v) is 9.97. The standard InChI is InChI=1S/C19H20N4OS2/c1-12-8-13(2)10-15(9-12)20-17(24)11-25-19-23-22-18(26-19)21-16-7-5-4-6-14(16)3/h4-10H,11H2,1-3H3,(H,20,24)(H,21,22). The van der Waals surface area contributed by atoms with Crippen LogP contribution in [0.3, 0.4) is 0 Å². The molecule has 0 radical (unpaired) electrons. The largest absolute Gasteiger partial charge is 0.330 e. The Labute approximate surface area is 161 Å². The van der Waals surface area contributed by atoms with Crippen LogP contribution in [-0.4, -0.2) is 21.9 Å². The average molecular weight is 385 g/mol. The number of rotatable bonds is 6. The van der Waals surface area contributed by atoms with Gasteiger partial charge in [-0.15, -0.1) is 10.2 Å². The normalized spacial score (nSPS) is 10.6. The molecule has 134 valence electrons. The summed E-state index contributed by atoms with van der Waals surface area (Å²) in [5.74, 6) is 0.245. The number of nitrogens with zero attached hydrogens (tertiary/aromatic N) is 2. The Morgan fingerprint density at radius 2 is 1.81 bits per heavy atom. The minimum absolute atomic E-state index is 0.0522. The fourth-order valence-corrected chi connectivity index (χ4v) is 4.08. The van der Waals surface area contributed by atoms with Gasteiger partial charge in [-0.1, -0.05) is 47.4 Å². The van der Waals surface area contributed by atoms with Gasteiger partial charge in [-0.05, 0) is 55.7 Å². The SMILES string of the molecule is Cc1cc(C)cc(NC(=O)CSc2nnc(Nc3ccccc3C)s2)c1. The van der Waals surface area contributed by atoms with Crippen LogP contribution >= 0.6 is 23.1 Å². The Morgan fingerprint density at radius 3 is 2.54 bits per heavy atom. The zero-order valence-electron chi connectivity index (χ0n) is 14.9. The Kier molecular flexibility index (Phi) is 5.90. The van der Waals surface area contributed by atoms with Crippen molar-refractivity contribution in [1.82, 2.24) is 10.2 Å². The van der Waals surface area contributed by atoms with Gasteiger partial charge in [0.15, 0.2) is 4.34 Å². The number of aryl methyl sites for hydroxylation is 3. The van der Waals surface area contributed by atoms with E-state index in [1.54, 1.807) is 0 Å². The fourth-order valence-electron chi connectivity index (χ4n) is 2.52. The number of aromatic nitrogens is 2. The third-order valence-electron chi connectivity index (χ3n) is 3.63. The minimum Gasteiger partial charge on any atom is -0.330 e. The van der Waals surface area contributed by atoms with Crippen molar-refractivity contribution in [3.05, 3.63) is 59.2 Å². The van der Waals surface area contributed by atoms with Crippen LogP contribution in [0.25, 0.3) is 0 Å². The number of carbonyl (C=O) groups excluding carboxylic acids is 1. The molecule has 0 aliphatic carbocycles. The van der Waals surface area contributed by atoms with Crippen LogP contribution in [0.5, 0.6) is 0 Å². The van der Waals surface area contributed by atoms with Crippen molar-refractivity contribution < 1.29 is 4.79 Å². The molecular weight excluding hydrogens is 364 g/mol. The summed E-state index contributed by atoms with van der Waals surface area (Å²) >= 11 is 2.82. The number of thioether (sulfide) groups is 1. The summed E-state index contributed by atoms with van der Waals surface area (Å²) in [7, 11) is 0. The van der Waals surface area contributed by atoms with Crippen molar-refractivity contribution in [2.24, 2.45) is 0 Å². The molecule has 2 N–H and O–H groups in total. The smallest absolute Gasteiger partial charge is 0.234 e. The summed E-state index contributed by atoms with van der Waals surface area (Å²) in [5.41, 5.74) is 5.23. The van der Waals surface area contributed by atoms with E-state index in [1.807, 2.05) is 57.2 Å². The minimum atomic E-state index is -0.0522. The van der Waals surface area contributed by atoms with Crippen molar-refractivity contribution in [2.75, 3.05) is 16.4 Å². The van der Waals surface area contributed by atoms with E-state index < -0.39 is 0 Å². The molecule has 3 aromatic rings. The lowest BCUT2D eigenvalue weighted by molar-refractivity contribution is -0.113. The van der Waals surface area contributed by atoms with Gasteiger partial charge in [0.05, 0.1) is 5.75 Å². The highest BCUT2D eigenvalue weighted by atomic mass is 32.2. The van der Waals surface area contributed by atoms with Gasteiger partial charge in [-0.3, -0.25) is 4.79 Å². The number of para-hydroxylation sites is 1. The average Bonchev–Trinajstić information content (AvgIpc) is 3.02. The van der Waals surface area contributed by atoms with Crippen LogP contribution < -0.4 is 10.6 Å². The zero-order chi connectivity index (χ0) is 18.5. The molecule has 1 heterocycles. The van der Waals surface area contributed by atoms with Gasteiger partial charge in [0.25, 0.3) is 0 Å². The maximum atomic E-state index is 12.2. The molecule has 0 saturated heterocycles. The Hall–Kier alpha value is -2.38. The molecule has 1 aromatic heterocycles. The summed E-state index contributed by atoms with van der Waals surface area (Å²) in [4.78, 5) is 12.2. The molecule has 0 atom stereocenters. The van der Waals surface area contributed by atoms with Gasteiger partial charge >= 0.3 is 0 Å². The molecule has 0 fully saturated rings. The first kappa shape index (κ1) is 18.4. The summed E-state index contributed by atoms with van der Waals surface area (Å²) in [6.45, 7) is 6.07. The summed E-state index contributed by atoms with van der Waals surface area (Å²) in [5, 5.41) is 15.2. The van der Waals surface area contributed by atoms with Crippen LogP contribution in [0.1, 0.15) is 16.7 Å². The van der Waals surface area contributed by atoms with E-state index in [1.165, 1.54) is 23.1 Å². The highest BCUT2D eigenvalue weighted by molar-refractivity contribution is 8.01. The lowest BCUT2D eigenvalue weighted by Crippen LogP contribution is -2.14. The summed E-state index contributed by atoms with van der Waals surface area (Å²) in [6, 6.07) is 14.0. The first-order chi connectivity index (χ1) is 12.5. The predicted molar refractivity (Wildman–Crippen MR) is 110 cm³/mol. The van der Waals surface area contributed by atoms with Gasteiger partial charge in [0.2, 0.25) is 11.0 Å². The van der Waals surface area contributed by atoms with Gasteiger partial charge in [-0.25, -0.2) is 0 Å². The molecule has 0 unspecified atom stereocenters. The third-order valence-corrected chi connectivity index (χ3v) is 5.60. The fraction of sp³-hybridized carbons (Fsp3) is 0.211. The molecule has 5 nitrogen and oxygen atoms in total. The number of anilines is 3. The molecule has 0 bridgehead atoms. The molecule has 0 aliphatic rings. The molecular formula is C19H20N4OS2. The van der Waals surface area contributed by atoms with Crippen LogP contribution in [-0.2, 0) is 4.79 Å². The lowest BCUT2D eigenvalue weighted by atomic mass is 10.1. The monoisotopic (exact) mass is 384 g/mol. The maximum Gasteiger partial charge on any atom is 0.234 e. The van der Waals surface area contributed by atoms with E-state index in [-0.39, 0.29) is 5.91 Å². The first-order valence-electron chi connectivity index (χ1n) is 8.17. The molecule has 1 amide bonds. The molecule has 26 heavy (non-hydrogen) atoms. The topological polar surface area (TPSA) is 66.9 Å². The van der Waals surface area contributed by atoms with E-state index >= 15 is 0 Å². The van der Waals surface area contributed by atoms with Crippen molar-refractivity contribution in [3.8, 4) is 0 Å². The van der Waals surface area contributed by atoms with Crippen molar-refractivity contribution in [3.63, 3.8) is 0 Å². The molecule has 0 aliphatic heterocycles. The predicted octanol–water partition coefficient (Wildman–Crippen LogP) is 4.94. The lowest BCUT2D eigenvalue weighted by Gasteiger charge is -2.06. The number of hydrogen-bond acceptors (Lipinski definition) is 6. The second-order valence-electron chi connectivity index (χ2n) is 6.03. The van der Waals surface area contributed by atoms with Crippen LogP contribution in [0.4, 0.5) is 16.5 Å². The van der Waals surface area contributed by atoms with E-state index in [4.69, 9.17) is 0 Å². The van der Waals surface area contributed by atoms with Gasteiger partial charge in [-0.2, -0.15) is 0 Å². The Morgan fingerprint density at radius 1 is 1.08 bits per heavy atom. The van der Waals surface area contributed by atoms with Crippen LogP contribution in [0.2, 0.25) is 0 Å². The van der Waals surface area contributed by atoms with E-state index in [2.05, 4.69) is 26.9 Å². The Bertz CT molecular complexity index is 903. The third kappa shape index (κ3) is 5.06. The second-order valence-corrected chi connectivity index (χ2v) is 8.23.